The average molecular weight is 587 g/mol. The topological polar surface area (TPSA) is 189 Å². The number of methoxy groups -OCH3 is 2. The normalized spacial score (nSPS) is 32.7. The lowest BCUT2D eigenvalue weighted by atomic mass is 9.79. The van der Waals surface area contributed by atoms with E-state index in [1.165, 1.54) is 26.6 Å². The number of aliphatic hydroxyl groups excluding tert-OH is 4. The van der Waals surface area contributed by atoms with Crippen molar-refractivity contribution in [1.29, 1.82) is 0 Å². The van der Waals surface area contributed by atoms with Crippen LogP contribution in [0.15, 0.2) is 53.7 Å². The van der Waals surface area contributed by atoms with E-state index < -0.39 is 73.4 Å². The number of nitrogens with zero attached hydrogens (tertiary/aromatic N) is 1. The smallest absolute Gasteiger partial charge is 0.337 e. The molecular weight excluding hydrogens is 552 g/mol. The summed E-state index contributed by atoms with van der Waals surface area (Å²) in [6.45, 7) is 3.27. The Morgan fingerprint density at radius 3 is 2.57 bits per heavy atom. The van der Waals surface area contributed by atoms with Gasteiger partial charge in [0.05, 0.1) is 44.1 Å². The molecule has 1 aromatic heterocycles. The van der Waals surface area contributed by atoms with E-state index in [1.807, 2.05) is 24.3 Å². The van der Waals surface area contributed by atoms with E-state index in [0.29, 0.717) is 12.1 Å². The number of rotatable bonds is 8. The highest BCUT2D eigenvalue weighted by atomic mass is 16.8. The number of aromatic amines is 1. The molecule has 0 amide bonds. The summed E-state index contributed by atoms with van der Waals surface area (Å²) in [5.41, 5.74) is 3.16. The Morgan fingerprint density at radius 2 is 1.88 bits per heavy atom. The number of para-hydroxylation sites is 1. The fourth-order valence-electron chi connectivity index (χ4n) is 5.77. The molecule has 9 atom stereocenters. The van der Waals surface area contributed by atoms with Crippen LogP contribution in [0.4, 0.5) is 0 Å². The molecule has 1 aromatic carbocycles. The maximum atomic E-state index is 12.9. The van der Waals surface area contributed by atoms with Crippen LogP contribution in [0.2, 0.25) is 0 Å². The zero-order valence-corrected chi connectivity index (χ0v) is 23.1. The van der Waals surface area contributed by atoms with Crippen molar-refractivity contribution >= 4 is 28.6 Å². The van der Waals surface area contributed by atoms with Crippen LogP contribution < -0.4 is 0 Å². The average Bonchev–Trinajstić information content (AvgIpc) is 3.39. The number of carbonyl (C=O) groups is 2. The van der Waals surface area contributed by atoms with Crippen molar-refractivity contribution in [3.05, 3.63) is 60.0 Å². The summed E-state index contributed by atoms with van der Waals surface area (Å²) < 4.78 is 27.2. The fourth-order valence-corrected chi connectivity index (χ4v) is 5.77. The quantitative estimate of drug-likeness (QED) is 0.208. The zero-order valence-electron chi connectivity index (χ0n) is 23.1. The molecule has 3 aliphatic heterocycles. The Kier molecular flexibility index (Phi) is 8.78. The van der Waals surface area contributed by atoms with Gasteiger partial charge in [-0.1, -0.05) is 24.3 Å². The van der Waals surface area contributed by atoms with Gasteiger partial charge in [0.15, 0.2) is 12.3 Å². The summed E-state index contributed by atoms with van der Waals surface area (Å²) in [5.74, 6) is -2.59. The number of hydrogen-bond acceptors (Lipinski definition) is 12. The van der Waals surface area contributed by atoms with E-state index >= 15 is 0 Å². The molecule has 42 heavy (non-hydrogen) atoms. The SMILES string of the molecule is C=C[C@H]1[C@H](O[C@@H]2O[C@H](CO)[C@@H](O)[C@H](O)[C@H]2O)OC=C(C(=O)OC)[C@H]1CC1=N[C@H](C(=O)OC)Cc2c1[nH]c1ccccc21. The first-order chi connectivity index (χ1) is 20.2. The summed E-state index contributed by atoms with van der Waals surface area (Å²) in [4.78, 5) is 33.6. The van der Waals surface area contributed by atoms with Gasteiger partial charge in [0.1, 0.15) is 24.4 Å². The largest absolute Gasteiger partial charge is 0.471 e. The minimum Gasteiger partial charge on any atom is -0.471 e. The van der Waals surface area contributed by atoms with Crippen LogP contribution in [-0.4, -0.2) is 107 Å². The molecule has 0 spiro atoms. The molecule has 3 aliphatic rings. The van der Waals surface area contributed by atoms with Crippen LogP contribution in [0, 0.1) is 11.8 Å². The molecule has 226 valence electrons. The van der Waals surface area contributed by atoms with Crippen molar-refractivity contribution in [2.75, 3.05) is 20.8 Å². The number of aromatic nitrogens is 1. The molecule has 0 saturated carbocycles. The number of fused-ring (bicyclic) bond motifs is 3. The molecule has 0 unspecified atom stereocenters. The monoisotopic (exact) mass is 586 g/mol. The van der Waals surface area contributed by atoms with Gasteiger partial charge in [0.25, 0.3) is 0 Å². The standard InChI is InChI=1S/C29H34N2O11/c1-4-13-15(9-19-22-16(10-20(30-19)27(37)39-3)14-7-5-6-8-18(14)31-22)17(26(36)38-2)12-40-28(13)42-29-25(35)24(34)23(33)21(11-32)41-29/h4-8,12-13,15,20-21,23-25,28-29,31-35H,1,9-11H2,2-3H3/t13-,15+,20+,21-,23-,24+,25-,28+,29+/m1/s1. The molecule has 5 N–H and O–H groups in total. The predicted molar refractivity (Wildman–Crippen MR) is 146 cm³/mol. The van der Waals surface area contributed by atoms with Gasteiger partial charge in [-0.3, -0.25) is 4.99 Å². The second kappa shape index (κ2) is 12.3. The van der Waals surface area contributed by atoms with Crippen molar-refractivity contribution in [3.63, 3.8) is 0 Å². The molecule has 4 heterocycles. The van der Waals surface area contributed by atoms with Crippen LogP contribution >= 0.6 is 0 Å². The Hall–Kier alpha value is -3.59. The van der Waals surface area contributed by atoms with Crippen molar-refractivity contribution in [2.24, 2.45) is 16.8 Å². The van der Waals surface area contributed by atoms with Crippen LogP contribution in [0.25, 0.3) is 10.9 Å². The first-order valence-electron chi connectivity index (χ1n) is 13.5. The van der Waals surface area contributed by atoms with Crippen LogP contribution in [0.1, 0.15) is 17.7 Å². The summed E-state index contributed by atoms with van der Waals surface area (Å²) in [5, 5.41) is 41.4. The van der Waals surface area contributed by atoms with E-state index in [9.17, 15) is 30.0 Å². The number of nitrogens with one attached hydrogen (secondary N) is 1. The minimum absolute atomic E-state index is 0.128. The highest BCUT2D eigenvalue weighted by Gasteiger charge is 2.48. The predicted octanol–water partition coefficient (Wildman–Crippen LogP) is 0.0929. The molecule has 0 aliphatic carbocycles. The molecule has 1 saturated heterocycles. The third kappa shape index (κ3) is 5.35. The first-order valence-corrected chi connectivity index (χ1v) is 13.5. The van der Waals surface area contributed by atoms with E-state index in [2.05, 4.69) is 11.6 Å². The van der Waals surface area contributed by atoms with E-state index in [-0.39, 0.29) is 12.0 Å². The van der Waals surface area contributed by atoms with Gasteiger partial charge >= 0.3 is 11.9 Å². The maximum absolute atomic E-state index is 12.9. The number of aliphatic hydroxyl groups is 4. The van der Waals surface area contributed by atoms with Gasteiger partial charge < -0.3 is 49.1 Å². The summed E-state index contributed by atoms with van der Waals surface area (Å²) >= 11 is 0. The molecule has 0 bridgehead atoms. The van der Waals surface area contributed by atoms with E-state index in [1.54, 1.807) is 0 Å². The van der Waals surface area contributed by atoms with Crippen LogP contribution in [0.5, 0.6) is 0 Å². The van der Waals surface area contributed by atoms with Crippen molar-refractivity contribution in [3.8, 4) is 0 Å². The van der Waals surface area contributed by atoms with Crippen molar-refractivity contribution in [2.45, 2.75) is 55.9 Å². The zero-order chi connectivity index (χ0) is 30.1. The third-order valence-electron chi connectivity index (χ3n) is 8.02. The number of aliphatic imine (C=N–C) groups is 1. The fraction of sp³-hybridized carbons (Fsp3) is 0.483. The lowest BCUT2D eigenvalue weighted by Gasteiger charge is -2.43. The Bertz CT molecular complexity index is 1400. The van der Waals surface area contributed by atoms with Gasteiger partial charge in [0.2, 0.25) is 6.29 Å². The van der Waals surface area contributed by atoms with Gasteiger partial charge in [0, 0.05) is 29.2 Å². The number of ether oxygens (including phenoxy) is 5. The van der Waals surface area contributed by atoms with E-state index in [0.717, 1.165) is 22.2 Å². The number of esters is 2. The van der Waals surface area contributed by atoms with E-state index in [4.69, 9.17) is 28.7 Å². The summed E-state index contributed by atoms with van der Waals surface area (Å²) in [6.07, 6.45) is -5.58. The maximum Gasteiger partial charge on any atom is 0.337 e. The molecule has 1 fully saturated rings. The molecule has 13 heteroatoms. The molecular formula is C29H34N2O11. The molecule has 2 aromatic rings. The van der Waals surface area contributed by atoms with Gasteiger partial charge in [-0.25, -0.2) is 9.59 Å². The minimum atomic E-state index is -1.67. The second-order valence-corrected chi connectivity index (χ2v) is 10.4. The van der Waals surface area contributed by atoms with Gasteiger partial charge in [-0.05, 0) is 18.1 Å². The van der Waals surface area contributed by atoms with Gasteiger partial charge in [-0.15, -0.1) is 6.58 Å². The first kappa shape index (κ1) is 29.9. The van der Waals surface area contributed by atoms with Crippen LogP contribution in [0.3, 0.4) is 0 Å². The van der Waals surface area contributed by atoms with Gasteiger partial charge in [-0.2, -0.15) is 0 Å². The number of hydrogen-bond donors (Lipinski definition) is 5. The molecule has 5 rings (SSSR count). The molecule has 13 nitrogen and oxygen atoms in total. The number of H-pyrrole nitrogens is 1. The lowest BCUT2D eigenvalue weighted by molar-refractivity contribution is -0.339. The Morgan fingerprint density at radius 1 is 1.12 bits per heavy atom. The highest BCUT2D eigenvalue weighted by Crippen LogP contribution is 2.39. The Balaban J connectivity index is 1.50. The van der Waals surface area contributed by atoms with Crippen molar-refractivity contribution in [1.82, 2.24) is 4.98 Å². The number of carbonyl (C=O) groups excluding carboxylic acids is 2. The summed E-state index contributed by atoms with van der Waals surface area (Å²) in [7, 11) is 2.54. The Labute approximate surface area is 241 Å². The molecule has 0 radical (unpaired) electrons. The van der Waals surface area contributed by atoms with Crippen molar-refractivity contribution < 1.29 is 53.7 Å². The third-order valence-corrected chi connectivity index (χ3v) is 8.02. The second-order valence-electron chi connectivity index (χ2n) is 10.4. The van der Waals surface area contributed by atoms with Crippen LogP contribution in [-0.2, 0) is 39.7 Å². The highest BCUT2D eigenvalue weighted by molar-refractivity contribution is 6.08. The lowest BCUT2D eigenvalue weighted by Crippen LogP contribution is -2.60. The summed E-state index contributed by atoms with van der Waals surface area (Å²) in [6, 6.07) is 6.87. The number of benzene rings is 1.